The van der Waals surface area contributed by atoms with Crippen molar-refractivity contribution in [3.05, 3.63) is 158 Å². The van der Waals surface area contributed by atoms with Gasteiger partial charge in [-0.1, -0.05) is 56.3 Å². The first-order valence-corrected chi connectivity index (χ1v) is 16.9. The molecular formula is C42H30N10. The van der Waals surface area contributed by atoms with Crippen molar-refractivity contribution in [1.82, 2.24) is 44.9 Å². The van der Waals surface area contributed by atoms with E-state index in [4.69, 9.17) is 44.9 Å². The van der Waals surface area contributed by atoms with Crippen LogP contribution in [0.15, 0.2) is 147 Å². The Kier molecular flexibility index (Phi) is 7.54. The fourth-order valence-electron chi connectivity index (χ4n) is 7.23. The molecule has 10 nitrogen and oxygen atoms in total. The average molecular weight is 675 g/mol. The Balaban J connectivity index is 1.60. The molecule has 0 saturated heterocycles. The number of hydrogen-bond donors (Lipinski definition) is 0. The highest BCUT2D eigenvalue weighted by molar-refractivity contribution is 6.13. The molecule has 8 aromatic rings. The Bertz CT molecular complexity index is 2380. The molecule has 0 aliphatic carbocycles. The number of benzene rings is 3. The van der Waals surface area contributed by atoms with Crippen molar-refractivity contribution in [3.63, 3.8) is 0 Å². The summed E-state index contributed by atoms with van der Waals surface area (Å²) in [6.45, 7) is 4.53. The molecule has 9 rings (SSSR count). The molecule has 0 bridgehead atoms. The molecule has 0 N–H and O–H groups in total. The number of pyridine rings is 1. The number of hydrogen-bond acceptors (Lipinski definition) is 10. The van der Waals surface area contributed by atoms with Gasteiger partial charge in [-0.2, -0.15) is 0 Å². The van der Waals surface area contributed by atoms with Crippen LogP contribution in [0.1, 0.15) is 25.0 Å². The Morgan fingerprint density at radius 2 is 0.731 bits per heavy atom. The second kappa shape index (κ2) is 12.7. The van der Waals surface area contributed by atoms with Crippen LogP contribution in [0.25, 0.3) is 56.8 Å². The number of rotatable bonds is 6. The number of fused-ring (bicyclic) bond motifs is 2. The summed E-state index contributed by atoms with van der Waals surface area (Å²) in [5, 5.41) is 0. The van der Waals surface area contributed by atoms with Crippen LogP contribution in [-0.4, -0.2) is 44.9 Å². The normalized spacial score (nSPS) is 12.9. The highest BCUT2D eigenvalue weighted by Crippen LogP contribution is 2.59. The van der Waals surface area contributed by atoms with Crippen LogP contribution in [0.3, 0.4) is 0 Å². The minimum atomic E-state index is -0.318. The van der Waals surface area contributed by atoms with Crippen LogP contribution in [0.4, 0.5) is 17.1 Å². The molecule has 10 heteroatoms. The Hall–Kier alpha value is -7.07. The maximum atomic E-state index is 4.92. The molecule has 1 aliphatic heterocycles. The lowest BCUT2D eigenvalue weighted by molar-refractivity contribution is 0.632. The third-order valence-corrected chi connectivity index (χ3v) is 9.41. The molecule has 0 saturated carbocycles. The van der Waals surface area contributed by atoms with Crippen LogP contribution in [0.2, 0.25) is 0 Å². The minimum Gasteiger partial charge on any atom is -0.308 e. The monoisotopic (exact) mass is 674 g/mol. The Morgan fingerprint density at radius 3 is 1.13 bits per heavy atom. The lowest BCUT2D eigenvalue weighted by Crippen LogP contribution is -2.31. The zero-order chi connectivity index (χ0) is 35.1. The fraction of sp³-hybridized carbons (Fsp3) is 0.0714. The first kappa shape index (κ1) is 30.9. The van der Waals surface area contributed by atoms with Gasteiger partial charge in [0.15, 0.2) is 23.3 Å². The van der Waals surface area contributed by atoms with Crippen molar-refractivity contribution >= 4 is 17.1 Å². The summed E-state index contributed by atoms with van der Waals surface area (Å²) in [5.74, 6) is 1.86. The van der Waals surface area contributed by atoms with Gasteiger partial charge in [0, 0.05) is 77.9 Å². The third-order valence-electron chi connectivity index (χ3n) is 9.41. The van der Waals surface area contributed by atoms with Gasteiger partial charge in [-0.05, 0) is 59.7 Å². The lowest BCUT2D eigenvalue weighted by Gasteiger charge is -2.43. The molecular weight excluding hydrogens is 645 g/mol. The molecule has 3 aromatic carbocycles. The van der Waals surface area contributed by atoms with E-state index in [1.54, 1.807) is 67.9 Å². The van der Waals surface area contributed by atoms with E-state index in [2.05, 4.69) is 67.3 Å². The number of nitrogens with zero attached hydrogens (tertiary/aromatic N) is 10. The van der Waals surface area contributed by atoms with E-state index < -0.39 is 0 Å². The number of para-hydroxylation sites is 2. The smallest absolute Gasteiger partial charge is 0.162 e. The van der Waals surface area contributed by atoms with Gasteiger partial charge < -0.3 is 4.90 Å². The summed E-state index contributed by atoms with van der Waals surface area (Å²) in [6, 6.07) is 30.0. The van der Waals surface area contributed by atoms with Gasteiger partial charge in [-0.25, -0.2) is 39.9 Å². The molecule has 0 radical (unpaired) electrons. The topological polar surface area (TPSA) is 119 Å². The standard InChI is InChI=1S/C42H30N10/c1-42(2)27-13-3-5-16-30(27)52(31-17-6-4-14-28(31)42)37-35(40-48-23-11-24-49-40)33(38-44-19-9-20-45-38)32(29-15-7-8-18-43-29)34(39-46-21-10-22-47-39)36(37)41-50-25-12-26-51-41/h3-26H,1-2H3. The van der Waals surface area contributed by atoms with Crippen molar-refractivity contribution in [2.45, 2.75) is 19.3 Å². The molecule has 0 fully saturated rings. The predicted octanol–water partition coefficient (Wildman–Crippen LogP) is 8.69. The fourth-order valence-corrected chi connectivity index (χ4v) is 7.23. The predicted molar refractivity (Wildman–Crippen MR) is 201 cm³/mol. The maximum absolute atomic E-state index is 4.92. The van der Waals surface area contributed by atoms with E-state index in [0.29, 0.717) is 56.8 Å². The van der Waals surface area contributed by atoms with Gasteiger partial charge in [0.25, 0.3) is 0 Å². The highest BCUT2D eigenvalue weighted by atomic mass is 15.2. The van der Waals surface area contributed by atoms with E-state index in [1.807, 2.05) is 30.3 Å². The van der Waals surface area contributed by atoms with Crippen LogP contribution < -0.4 is 4.90 Å². The molecule has 6 heterocycles. The van der Waals surface area contributed by atoms with Gasteiger partial charge in [-0.15, -0.1) is 0 Å². The maximum Gasteiger partial charge on any atom is 0.162 e. The Labute approximate surface area is 300 Å². The van der Waals surface area contributed by atoms with Gasteiger partial charge in [0.2, 0.25) is 0 Å². The molecule has 52 heavy (non-hydrogen) atoms. The van der Waals surface area contributed by atoms with Crippen molar-refractivity contribution in [3.8, 4) is 56.8 Å². The third kappa shape index (κ3) is 4.99. The van der Waals surface area contributed by atoms with E-state index >= 15 is 0 Å². The first-order valence-electron chi connectivity index (χ1n) is 16.9. The van der Waals surface area contributed by atoms with Gasteiger partial charge in [0.1, 0.15) is 0 Å². The van der Waals surface area contributed by atoms with Gasteiger partial charge in [-0.3, -0.25) is 4.98 Å². The molecule has 0 amide bonds. The summed E-state index contributed by atoms with van der Waals surface area (Å²) in [7, 11) is 0. The molecule has 0 unspecified atom stereocenters. The second-order valence-electron chi connectivity index (χ2n) is 12.7. The molecule has 0 spiro atoms. The van der Waals surface area contributed by atoms with Gasteiger partial charge in [0.05, 0.1) is 33.9 Å². The highest BCUT2D eigenvalue weighted by Gasteiger charge is 2.41. The zero-order valence-corrected chi connectivity index (χ0v) is 28.3. The van der Waals surface area contributed by atoms with Crippen molar-refractivity contribution in [1.29, 1.82) is 0 Å². The molecule has 248 valence electrons. The van der Waals surface area contributed by atoms with Crippen molar-refractivity contribution in [2.75, 3.05) is 4.90 Å². The largest absolute Gasteiger partial charge is 0.308 e. The zero-order valence-electron chi connectivity index (χ0n) is 28.3. The van der Waals surface area contributed by atoms with Crippen LogP contribution >= 0.6 is 0 Å². The summed E-state index contributed by atoms with van der Waals surface area (Å²) < 4.78 is 0. The van der Waals surface area contributed by atoms with Crippen LogP contribution in [0.5, 0.6) is 0 Å². The summed E-state index contributed by atoms with van der Waals surface area (Å²) >= 11 is 0. The Morgan fingerprint density at radius 1 is 0.365 bits per heavy atom. The molecule has 5 aromatic heterocycles. The second-order valence-corrected chi connectivity index (χ2v) is 12.7. The quantitative estimate of drug-likeness (QED) is 0.169. The minimum absolute atomic E-state index is 0.318. The number of anilines is 3. The molecule has 0 atom stereocenters. The van der Waals surface area contributed by atoms with Crippen LogP contribution in [-0.2, 0) is 5.41 Å². The number of aromatic nitrogens is 9. The van der Waals surface area contributed by atoms with E-state index in [-0.39, 0.29) is 5.41 Å². The SMILES string of the molecule is CC1(C)c2ccccc2N(c2c(-c3ncccn3)c(-c3ncccn3)c(-c3ccccn3)c(-c3ncccn3)c2-c2ncccn2)c2ccccc21. The van der Waals surface area contributed by atoms with Crippen molar-refractivity contribution in [2.24, 2.45) is 0 Å². The average Bonchev–Trinajstić information content (AvgIpc) is 3.22. The van der Waals surface area contributed by atoms with Crippen LogP contribution in [0, 0.1) is 0 Å². The summed E-state index contributed by atoms with van der Waals surface area (Å²) in [5.41, 5.74) is 8.76. The van der Waals surface area contributed by atoms with E-state index in [0.717, 1.165) is 28.2 Å². The van der Waals surface area contributed by atoms with E-state index in [9.17, 15) is 0 Å². The lowest BCUT2D eigenvalue weighted by atomic mass is 9.73. The molecule has 1 aliphatic rings. The summed E-state index contributed by atoms with van der Waals surface area (Å²) in [4.78, 5) is 46.4. The van der Waals surface area contributed by atoms with E-state index in [1.165, 1.54) is 0 Å². The first-order chi connectivity index (χ1) is 25.6. The van der Waals surface area contributed by atoms with Crippen molar-refractivity contribution < 1.29 is 0 Å². The van der Waals surface area contributed by atoms with Gasteiger partial charge >= 0.3 is 0 Å². The summed E-state index contributed by atoms with van der Waals surface area (Å²) in [6.07, 6.45) is 15.7.